The Balaban J connectivity index is 1.40. The molecule has 2 aliphatic heterocycles. The molecule has 150 valence electrons. The summed E-state index contributed by atoms with van der Waals surface area (Å²) in [7, 11) is 1.61. The van der Waals surface area contributed by atoms with Crippen molar-refractivity contribution >= 4 is 16.7 Å². The van der Waals surface area contributed by atoms with Gasteiger partial charge in [-0.25, -0.2) is 0 Å². The van der Waals surface area contributed by atoms with Crippen LogP contribution < -0.4 is 4.74 Å². The summed E-state index contributed by atoms with van der Waals surface area (Å²) in [6, 6.07) is 14.7. The minimum absolute atomic E-state index is 0.0939. The van der Waals surface area contributed by atoms with Gasteiger partial charge in [0.15, 0.2) is 5.78 Å². The molecule has 0 amide bonds. The van der Waals surface area contributed by atoms with Gasteiger partial charge in [-0.2, -0.15) is 0 Å². The van der Waals surface area contributed by atoms with Crippen LogP contribution in [0.1, 0.15) is 53.1 Å². The maximum Gasteiger partial charge on any atom is 0.170 e. The first kappa shape index (κ1) is 18.4. The van der Waals surface area contributed by atoms with E-state index in [1.165, 1.54) is 49.7 Å². The topological polar surface area (TPSA) is 45.3 Å². The van der Waals surface area contributed by atoms with Crippen molar-refractivity contribution in [3.05, 3.63) is 65.4 Å². The van der Waals surface area contributed by atoms with Crippen molar-refractivity contribution in [1.82, 2.24) is 9.88 Å². The molecule has 2 unspecified atom stereocenters. The number of nitrogens with zero attached hydrogens (tertiary/aromatic N) is 1. The standard InChI is InChI=1S/C25H28N2O2/c1-29-25-7-3-2-6-20(25)24(28)14-17-8-11-23-21(13-17)22(15-26-23)18-9-10-19-5-4-12-27(19)16-18/h2-3,6-8,11,13,15,18-19,26H,4-5,9-10,12,14,16H2,1H3. The quantitative estimate of drug-likeness (QED) is 0.630. The van der Waals surface area contributed by atoms with Crippen LogP contribution >= 0.6 is 0 Å². The summed E-state index contributed by atoms with van der Waals surface area (Å²) in [5.41, 5.74) is 4.29. The van der Waals surface area contributed by atoms with E-state index in [0.717, 1.165) is 17.1 Å². The number of hydrogen-bond acceptors (Lipinski definition) is 3. The first-order valence-corrected chi connectivity index (χ1v) is 10.7. The summed E-state index contributed by atoms with van der Waals surface area (Å²) in [5.74, 6) is 1.32. The highest BCUT2D eigenvalue weighted by Gasteiger charge is 2.32. The van der Waals surface area contributed by atoms with E-state index in [0.29, 0.717) is 23.7 Å². The molecule has 0 saturated carbocycles. The summed E-state index contributed by atoms with van der Waals surface area (Å²) < 4.78 is 5.36. The van der Waals surface area contributed by atoms with Gasteiger partial charge in [-0.05, 0) is 73.5 Å². The number of hydrogen-bond donors (Lipinski definition) is 1. The Labute approximate surface area is 171 Å². The second kappa shape index (κ2) is 7.68. The van der Waals surface area contributed by atoms with Crippen molar-refractivity contribution in [2.45, 2.75) is 44.1 Å². The second-order valence-corrected chi connectivity index (χ2v) is 8.49. The average Bonchev–Trinajstić information content (AvgIpc) is 3.39. The third-order valence-corrected chi connectivity index (χ3v) is 6.79. The van der Waals surface area contributed by atoms with Crippen molar-refractivity contribution in [3.8, 4) is 5.75 Å². The monoisotopic (exact) mass is 388 g/mol. The van der Waals surface area contributed by atoms with Gasteiger partial charge in [-0.1, -0.05) is 18.2 Å². The number of rotatable bonds is 5. The normalized spacial score (nSPS) is 22.0. The van der Waals surface area contributed by atoms with Crippen LogP contribution in [-0.4, -0.2) is 41.9 Å². The van der Waals surface area contributed by atoms with Crippen molar-refractivity contribution in [2.75, 3.05) is 20.2 Å². The van der Waals surface area contributed by atoms with Crippen molar-refractivity contribution < 1.29 is 9.53 Å². The van der Waals surface area contributed by atoms with Gasteiger partial charge in [0.1, 0.15) is 5.75 Å². The van der Waals surface area contributed by atoms with Crippen LogP contribution in [0.3, 0.4) is 0 Å². The smallest absolute Gasteiger partial charge is 0.170 e. The number of Topliss-reactive ketones (excluding diaryl/α,β-unsaturated/α-hetero) is 1. The molecule has 2 aliphatic rings. The van der Waals surface area contributed by atoms with Gasteiger partial charge in [0.25, 0.3) is 0 Å². The number of methoxy groups -OCH3 is 1. The Kier molecular flexibility index (Phi) is 4.88. The molecule has 5 rings (SSSR count). The molecule has 4 nitrogen and oxygen atoms in total. The molecule has 1 N–H and O–H groups in total. The second-order valence-electron chi connectivity index (χ2n) is 8.49. The highest BCUT2D eigenvalue weighted by Crippen LogP contribution is 2.37. The molecule has 0 bridgehead atoms. The Bertz CT molecular complexity index is 1040. The van der Waals surface area contributed by atoms with Crippen molar-refractivity contribution in [3.63, 3.8) is 0 Å². The molecule has 0 radical (unpaired) electrons. The predicted octanol–water partition coefficient (Wildman–Crippen LogP) is 4.94. The highest BCUT2D eigenvalue weighted by atomic mass is 16.5. The van der Waals surface area contributed by atoms with E-state index < -0.39 is 0 Å². The van der Waals surface area contributed by atoms with Crippen molar-refractivity contribution in [1.29, 1.82) is 0 Å². The number of ether oxygens (including phenoxy) is 1. The maximum absolute atomic E-state index is 12.9. The fourth-order valence-corrected chi connectivity index (χ4v) is 5.28. The fourth-order valence-electron chi connectivity index (χ4n) is 5.28. The summed E-state index contributed by atoms with van der Waals surface area (Å²) in [6.07, 6.45) is 7.87. The lowest BCUT2D eigenvalue weighted by Crippen LogP contribution is -2.37. The Morgan fingerprint density at radius 2 is 2.07 bits per heavy atom. The molecular weight excluding hydrogens is 360 g/mol. The number of carbonyl (C=O) groups is 1. The lowest BCUT2D eigenvalue weighted by atomic mass is 9.87. The minimum atomic E-state index is 0.0939. The van der Waals surface area contributed by atoms with Crippen LogP contribution in [0.4, 0.5) is 0 Å². The number of para-hydroxylation sites is 1. The summed E-state index contributed by atoms with van der Waals surface area (Å²) in [6.45, 7) is 2.42. The molecule has 2 saturated heterocycles. The van der Waals surface area contributed by atoms with Gasteiger partial charge in [0.05, 0.1) is 12.7 Å². The number of H-pyrrole nitrogens is 1. The Hall–Kier alpha value is -2.59. The Morgan fingerprint density at radius 3 is 2.97 bits per heavy atom. The number of carbonyl (C=O) groups excluding carboxylic acids is 1. The molecule has 1 aromatic heterocycles. The number of piperidine rings is 1. The first-order chi connectivity index (χ1) is 14.2. The third kappa shape index (κ3) is 3.46. The lowest BCUT2D eigenvalue weighted by Gasteiger charge is -2.35. The van der Waals surface area contributed by atoms with Crippen LogP contribution in [0.25, 0.3) is 10.9 Å². The molecular formula is C25H28N2O2. The van der Waals surface area contributed by atoms with Crippen molar-refractivity contribution in [2.24, 2.45) is 0 Å². The maximum atomic E-state index is 12.9. The molecule has 4 heteroatoms. The number of aromatic nitrogens is 1. The largest absolute Gasteiger partial charge is 0.496 e. The van der Waals surface area contributed by atoms with E-state index in [1.807, 2.05) is 24.3 Å². The number of ketones is 1. The third-order valence-electron chi connectivity index (χ3n) is 6.79. The van der Waals surface area contributed by atoms with Crippen LogP contribution in [0.2, 0.25) is 0 Å². The van der Waals surface area contributed by atoms with E-state index >= 15 is 0 Å². The van der Waals surface area contributed by atoms with Gasteiger partial charge in [0, 0.05) is 36.1 Å². The molecule has 2 fully saturated rings. The SMILES string of the molecule is COc1ccccc1C(=O)Cc1ccc2[nH]cc(C3CCC4CCCN4C3)c2c1. The van der Waals surface area contributed by atoms with Crippen LogP contribution in [0.15, 0.2) is 48.7 Å². The fraction of sp³-hybridized carbons (Fsp3) is 0.400. The molecule has 0 spiro atoms. The highest BCUT2D eigenvalue weighted by molar-refractivity contribution is 6.00. The predicted molar refractivity (Wildman–Crippen MR) is 116 cm³/mol. The Morgan fingerprint density at radius 1 is 1.17 bits per heavy atom. The molecule has 2 aromatic carbocycles. The summed E-state index contributed by atoms with van der Waals surface area (Å²) >= 11 is 0. The van der Waals surface area contributed by atoms with E-state index in [-0.39, 0.29) is 5.78 Å². The number of nitrogens with one attached hydrogen (secondary N) is 1. The molecule has 3 aromatic rings. The zero-order chi connectivity index (χ0) is 19.8. The minimum Gasteiger partial charge on any atom is -0.496 e. The van der Waals surface area contributed by atoms with Crippen LogP contribution in [0.5, 0.6) is 5.75 Å². The molecule has 0 aliphatic carbocycles. The summed E-state index contributed by atoms with van der Waals surface area (Å²) in [4.78, 5) is 19.0. The molecule has 29 heavy (non-hydrogen) atoms. The number of fused-ring (bicyclic) bond motifs is 2. The van der Waals surface area contributed by atoms with E-state index in [9.17, 15) is 4.79 Å². The van der Waals surface area contributed by atoms with E-state index in [2.05, 4.69) is 34.3 Å². The average molecular weight is 389 g/mol. The van der Waals surface area contributed by atoms with Gasteiger partial charge in [0.2, 0.25) is 0 Å². The zero-order valence-corrected chi connectivity index (χ0v) is 17.0. The lowest BCUT2D eigenvalue weighted by molar-refractivity contribution is 0.0990. The first-order valence-electron chi connectivity index (χ1n) is 10.7. The summed E-state index contributed by atoms with van der Waals surface area (Å²) in [5, 5.41) is 1.28. The number of aromatic amines is 1. The number of benzene rings is 2. The van der Waals surface area contributed by atoms with E-state index in [1.54, 1.807) is 7.11 Å². The molecule has 2 atom stereocenters. The van der Waals surface area contributed by atoms with Gasteiger partial charge < -0.3 is 9.72 Å². The van der Waals surface area contributed by atoms with Gasteiger partial charge in [-0.15, -0.1) is 0 Å². The van der Waals surface area contributed by atoms with Crippen LogP contribution in [0, 0.1) is 0 Å². The van der Waals surface area contributed by atoms with Gasteiger partial charge in [-0.3, -0.25) is 9.69 Å². The van der Waals surface area contributed by atoms with Gasteiger partial charge >= 0.3 is 0 Å². The molecule has 3 heterocycles. The van der Waals surface area contributed by atoms with E-state index in [4.69, 9.17) is 4.74 Å². The van der Waals surface area contributed by atoms with Crippen LogP contribution in [-0.2, 0) is 6.42 Å². The zero-order valence-electron chi connectivity index (χ0n) is 17.0.